The summed E-state index contributed by atoms with van der Waals surface area (Å²) in [6, 6.07) is 11.4. The van der Waals surface area contributed by atoms with Crippen molar-refractivity contribution in [3.8, 4) is 0 Å². The zero-order chi connectivity index (χ0) is 15.6. The van der Waals surface area contributed by atoms with Gasteiger partial charge in [0.1, 0.15) is 0 Å². The maximum Gasteiger partial charge on any atom is 0.0582 e. The van der Waals surface area contributed by atoms with Crippen LogP contribution in [0, 0.1) is 34.6 Å². The highest BCUT2D eigenvalue weighted by Crippen LogP contribution is 2.31. The van der Waals surface area contributed by atoms with Gasteiger partial charge in [0.05, 0.1) is 6.04 Å². The Morgan fingerprint density at radius 3 is 2.05 bits per heavy atom. The maximum atomic E-state index is 3.68. The summed E-state index contributed by atoms with van der Waals surface area (Å²) >= 11 is 0. The second-order valence-corrected chi connectivity index (χ2v) is 6.08. The summed E-state index contributed by atoms with van der Waals surface area (Å²) in [6.45, 7) is 14.2. The van der Waals surface area contributed by atoms with Crippen LogP contribution in [-0.2, 0) is 0 Å². The lowest BCUT2D eigenvalue weighted by Crippen LogP contribution is -2.24. The summed E-state index contributed by atoms with van der Waals surface area (Å²) in [5, 5.41) is 3.68. The number of hydrogen-bond donors (Lipinski definition) is 1. The summed E-state index contributed by atoms with van der Waals surface area (Å²) in [4.78, 5) is 0. The minimum absolute atomic E-state index is 0.272. The van der Waals surface area contributed by atoms with Gasteiger partial charge >= 0.3 is 0 Å². The van der Waals surface area contributed by atoms with E-state index < -0.39 is 0 Å². The molecule has 1 N–H and O–H groups in total. The number of rotatable bonds is 4. The Morgan fingerprint density at radius 2 is 1.52 bits per heavy atom. The molecular weight excluding hydrogens is 254 g/mol. The average molecular weight is 281 g/mol. The molecule has 1 nitrogen and oxygen atoms in total. The van der Waals surface area contributed by atoms with E-state index in [2.05, 4.69) is 77.2 Å². The predicted molar refractivity (Wildman–Crippen MR) is 92.1 cm³/mol. The molecule has 0 aromatic heterocycles. The van der Waals surface area contributed by atoms with Crippen LogP contribution in [-0.4, -0.2) is 6.54 Å². The second-order valence-electron chi connectivity index (χ2n) is 6.08. The lowest BCUT2D eigenvalue weighted by molar-refractivity contribution is 0.623. The Kier molecular flexibility index (Phi) is 4.84. The number of nitrogens with one attached hydrogen (secondary N) is 1. The molecule has 0 aliphatic carbocycles. The van der Waals surface area contributed by atoms with E-state index in [9.17, 15) is 0 Å². The fourth-order valence-electron chi connectivity index (χ4n) is 3.12. The first kappa shape index (κ1) is 15.8. The first-order valence-corrected chi connectivity index (χ1v) is 7.83. The van der Waals surface area contributed by atoms with Gasteiger partial charge in [0, 0.05) is 0 Å². The topological polar surface area (TPSA) is 12.0 Å². The van der Waals surface area contributed by atoms with Gasteiger partial charge in [-0.15, -0.1) is 0 Å². The monoisotopic (exact) mass is 281 g/mol. The van der Waals surface area contributed by atoms with Crippen molar-refractivity contribution in [3.05, 3.63) is 69.3 Å². The molecule has 0 heterocycles. The van der Waals surface area contributed by atoms with E-state index in [-0.39, 0.29) is 6.04 Å². The molecule has 0 aliphatic heterocycles. The van der Waals surface area contributed by atoms with Gasteiger partial charge in [-0.25, -0.2) is 0 Å². The number of aryl methyl sites for hydroxylation is 3. The van der Waals surface area contributed by atoms with Crippen LogP contribution in [0.5, 0.6) is 0 Å². The van der Waals surface area contributed by atoms with Gasteiger partial charge in [-0.05, 0) is 74.5 Å². The summed E-state index contributed by atoms with van der Waals surface area (Å²) in [7, 11) is 0. The summed E-state index contributed by atoms with van der Waals surface area (Å²) in [5.41, 5.74) is 9.69. The van der Waals surface area contributed by atoms with Gasteiger partial charge in [0.25, 0.3) is 0 Å². The molecule has 0 saturated heterocycles. The molecule has 1 unspecified atom stereocenters. The summed E-state index contributed by atoms with van der Waals surface area (Å²) < 4.78 is 0. The Labute approximate surface area is 129 Å². The van der Waals surface area contributed by atoms with Gasteiger partial charge in [0.15, 0.2) is 0 Å². The van der Waals surface area contributed by atoms with Crippen molar-refractivity contribution >= 4 is 0 Å². The van der Waals surface area contributed by atoms with Crippen LogP contribution in [0.3, 0.4) is 0 Å². The molecule has 1 atom stereocenters. The normalized spacial score (nSPS) is 12.5. The molecule has 0 spiro atoms. The fourth-order valence-corrected chi connectivity index (χ4v) is 3.12. The quantitative estimate of drug-likeness (QED) is 0.838. The highest BCUT2D eigenvalue weighted by molar-refractivity contribution is 5.49. The summed E-state index contributed by atoms with van der Waals surface area (Å²) in [5.74, 6) is 0. The Balaban J connectivity index is 2.64. The van der Waals surface area contributed by atoms with Gasteiger partial charge < -0.3 is 5.32 Å². The largest absolute Gasteiger partial charge is 0.307 e. The van der Waals surface area contributed by atoms with Crippen LogP contribution in [0.2, 0.25) is 0 Å². The highest BCUT2D eigenvalue weighted by atomic mass is 14.9. The van der Waals surface area contributed by atoms with Crippen molar-refractivity contribution in [2.75, 3.05) is 6.54 Å². The van der Waals surface area contributed by atoms with E-state index in [4.69, 9.17) is 0 Å². The molecule has 2 rings (SSSR count). The number of hydrogen-bond acceptors (Lipinski definition) is 1. The molecule has 1 heteroatoms. The third-order valence-electron chi connectivity index (χ3n) is 4.50. The Morgan fingerprint density at radius 1 is 0.905 bits per heavy atom. The lowest BCUT2D eigenvalue weighted by atomic mass is 9.86. The Hall–Kier alpha value is -1.60. The second kappa shape index (κ2) is 6.44. The molecule has 0 saturated carbocycles. The third kappa shape index (κ3) is 3.19. The molecule has 0 aliphatic rings. The van der Waals surface area contributed by atoms with Crippen molar-refractivity contribution in [2.45, 2.75) is 47.6 Å². The van der Waals surface area contributed by atoms with Crippen LogP contribution < -0.4 is 5.32 Å². The van der Waals surface area contributed by atoms with E-state index in [0.29, 0.717) is 0 Å². The third-order valence-corrected chi connectivity index (χ3v) is 4.50. The zero-order valence-electron chi connectivity index (χ0n) is 14.2. The van der Waals surface area contributed by atoms with Crippen molar-refractivity contribution in [1.82, 2.24) is 5.32 Å². The lowest BCUT2D eigenvalue weighted by Gasteiger charge is -2.25. The van der Waals surface area contributed by atoms with Crippen LogP contribution >= 0.6 is 0 Å². The molecule has 2 aromatic rings. The first-order chi connectivity index (χ1) is 9.95. The average Bonchev–Trinajstić information content (AvgIpc) is 2.44. The van der Waals surface area contributed by atoms with E-state index in [0.717, 1.165) is 6.54 Å². The number of benzene rings is 2. The van der Waals surface area contributed by atoms with E-state index >= 15 is 0 Å². The predicted octanol–water partition coefficient (Wildman–Crippen LogP) is 4.93. The van der Waals surface area contributed by atoms with Gasteiger partial charge in [-0.1, -0.05) is 42.8 Å². The van der Waals surface area contributed by atoms with Crippen LogP contribution in [0.25, 0.3) is 0 Å². The van der Waals surface area contributed by atoms with Crippen molar-refractivity contribution < 1.29 is 0 Å². The van der Waals surface area contributed by atoms with E-state index in [1.54, 1.807) is 0 Å². The first-order valence-electron chi connectivity index (χ1n) is 7.83. The molecule has 112 valence electrons. The van der Waals surface area contributed by atoms with Crippen LogP contribution in [0.4, 0.5) is 0 Å². The minimum atomic E-state index is 0.272. The van der Waals surface area contributed by atoms with Crippen LogP contribution in [0.1, 0.15) is 51.9 Å². The standard InChI is InChI=1S/C20H27N/c1-7-21-20(18-10-8-9-13(2)11-18)19-16(5)14(3)12-15(4)17(19)6/h8-12,20-21H,7H2,1-6H3. The minimum Gasteiger partial charge on any atom is -0.307 e. The molecule has 0 radical (unpaired) electrons. The van der Waals surface area contributed by atoms with Gasteiger partial charge in [0.2, 0.25) is 0 Å². The van der Waals surface area contributed by atoms with Crippen molar-refractivity contribution in [2.24, 2.45) is 0 Å². The fraction of sp³-hybridized carbons (Fsp3) is 0.400. The molecule has 21 heavy (non-hydrogen) atoms. The van der Waals surface area contributed by atoms with Crippen molar-refractivity contribution in [1.29, 1.82) is 0 Å². The van der Waals surface area contributed by atoms with Gasteiger partial charge in [-0.3, -0.25) is 0 Å². The maximum absolute atomic E-state index is 3.68. The van der Waals surface area contributed by atoms with E-state index in [1.165, 1.54) is 38.9 Å². The Bertz CT molecular complexity index is 614. The molecular formula is C20H27N. The molecule has 2 aromatic carbocycles. The molecule has 0 bridgehead atoms. The van der Waals surface area contributed by atoms with Gasteiger partial charge in [-0.2, -0.15) is 0 Å². The zero-order valence-corrected chi connectivity index (χ0v) is 14.2. The highest BCUT2D eigenvalue weighted by Gasteiger charge is 2.19. The SMILES string of the molecule is CCNC(c1cccc(C)c1)c1c(C)c(C)cc(C)c1C. The smallest absolute Gasteiger partial charge is 0.0582 e. The van der Waals surface area contributed by atoms with E-state index in [1.807, 2.05) is 0 Å². The molecule has 0 fully saturated rings. The van der Waals surface area contributed by atoms with Crippen molar-refractivity contribution in [3.63, 3.8) is 0 Å². The summed E-state index contributed by atoms with van der Waals surface area (Å²) in [6.07, 6.45) is 0. The molecule has 0 amide bonds. The van der Waals surface area contributed by atoms with Crippen LogP contribution in [0.15, 0.2) is 30.3 Å².